The first-order valence-corrected chi connectivity index (χ1v) is 15.3. The van der Waals surface area contributed by atoms with E-state index in [0.29, 0.717) is 61.8 Å². The van der Waals surface area contributed by atoms with E-state index in [1.807, 2.05) is 42.0 Å². The number of halogens is 2. The van der Waals surface area contributed by atoms with E-state index in [-0.39, 0.29) is 16.6 Å². The van der Waals surface area contributed by atoms with Crippen LogP contribution in [0.2, 0.25) is 0 Å². The number of sulfonamides is 1. The van der Waals surface area contributed by atoms with Crippen molar-refractivity contribution in [2.75, 3.05) is 37.7 Å². The molecule has 3 heterocycles. The average molecular weight is 625 g/mol. The van der Waals surface area contributed by atoms with Crippen molar-refractivity contribution in [3.8, 4) is 0 Å². The van der Waals surface area contributed by atoms with E-state index in [4.69, 9.17) is 4.74 Å². The van der Waals surface area contributed by atoms with E-state index in [2.05, 4.69) is 15.9 Å². The number of hydrogen-bond donors (Lipinski definition) is 0. The number of anilines is 1. The summed E-state index contributed by atoms with van der Waals surface area (Å²) >= 11 is 3.55. The Bertz CT molecular complexity index is 1780. The van der Waals surface area contributed by atoms with Crippen LogP contribution in [-0.4, -0.2) is 56.0 Å². The zero-order chi connectivity index (χ0) is 28.0. The number of carbonyl (C=O) groups excluding carboxylic acids is 1. The van der Waals surface area contributed by atoms with E-state index in [9.17, 15) is 17.6 Å². The number of rotatable bonds is 6. The second-order valence-corrected chi connectivity index (χ2v) is 12.6. The fraction of sp³-hybridized carbons (Fsp3) is 0.233. The first-order valence-electron chi connectivity index (χ1n) is 13.1. The molecule has 0 radical (unpaired) electrons. The minimum atomic E-state index is -3.75. The topological polar surface area (TPSA) is 71.9 Å². The molecule has 0 saturated carbocycles. The largest absolute Gasteiger partial charge is 0.379 e. The summed E-state index contributed by atoms with van der Waals surface area (Å²) in [6.07, 6.45) is 3.72. The van der Waals surface area contributed by atoms with Crippen molar-refractivity contribution in [1.82, 2.24) is 8.87 Å². The van der Waals surface area contributed by atoms with Gasteiger partial charge in [0.05, 0.1) is 30.3 Å². The smallest absolute Gasteiger partial charge is 0.258 e. The number of hydrogen-bond acceptors (Lipinski definition) is 4. The quantitative estimate of drug-likeness (QED) is 0.265. The molecule has 10 heteroatoms. The first kappa shape index (κ1) is 26.9. The molecule has 6 rings (SSSR count). The molecule has 3 aromatic carbocycles. The lowest BCUT2D eigenvalue weighted by Gasteiger charge is -2.26. The monoisotopic (exact) mass is 623 g/mol. The van der Waals surface area contributed by atoms with Crippen molar-refractivity contribution < 1.29 is 22.3 Å². The fourth-order valence-corrected chi connectivity index (χ4v) is 7.19. The highest BCUT2D eigenvalue weighted by Crippen LogP contribution is 2.40. The minimum absolute atomic E-state index is 0.148. The summed E-state index contributed by atoms with van der Waals surface area (Å²) in [6, 6.07) is 17.4. The van der Waals surface area contributed by atoms with E-state index >= 15 is 0 Å². The van der Waals surface area contributed by atoms with Crippen LogP contribution in [0, 0.1) is 5.82 Å². The van der Waals surface area contributed by atoms with E-state index in [0.717, 1.165) is 20.9 Å². The zero-order valence-electron chi connectivity index (χ0n) is 21.8. The molecule has 1 amide bonds. The van der Waals surface area contributed by atoms with Crippen LogP contribution < -0.4 is 4.90 Å². The van der Waals surface area contributed by atoms with Crippen molar-refractivity contribution in [1.29, 1.82) is 0 Å². The number of amides is 1. The lowest BCUT2D eigenvalue weighted by Crippen LogP contribution is -2.40. The molecule has 0 N–H and O–H groups in total. The Morgan fingerprint density at radius 1 is 1.05 bits per heavy atom. The van der Waals surface area contributed by atoms with Crippen molar-refractivity contribution in [3.05, 3.63) is 93.8 Å². The molecule has 0 bridgehead atoms. The van der Waals surface area contributed by atoms with Gasteiger partial charge in [0.1, 0.15) is 5.82 Å². The maximum atomic E-state index is 14.5. The zero-order valence-corrected chi connectivity index (χ0v) is 24.2. The number of fused-ring (bicyclic) bond motifs is 2. The van der Waals surface area contributed by atoms with Gasteiger partial charge in [-0.1, -0.05) is 34.1 Å². The Morgan fingerprint density at radius 2 is 1.82 bits per heavy atom. The standard InChI is InChI=1S/C30H27BrFN3O4S/c1-2-35-29-10-8-23(40(37,38)34-11-13-39-14-12-34)17-25(29)26(30(35)36)15-21-19-33(18-20-5-3-4-6-27(20)32)28-9-7-22(31)16-24(21)28/h3-10,15-17,19H,2,11-14,18H2,1H3/b26-15-. The highest BCUT2D eigenvalue weighted by atomic mass is 79.9. The number of benzene rings is 3. The van der Waals surface area contributed by atoms with Crippen LogP contribution in [0.4, 0.5) is 10.1 Å². The summed E-state index contributed by atoms with van der Waals surface area (Å²) in [5.74, 6) is -0.475. The Balaban J connectivity index is 1.48. The van der Waals surface area contributed by atoms with Gasteiger partial charge in [0.25, 0.3) is 5.91 Å². The third-order valence-corrected chi connectivity index (χ3v) is 9.81. The molecule has 0 aliphatic carbocycles. The van der Waals surface area contributed by atoms with Gasteiger partial charge < -0.3 is 14.2 Å². The molecule has 1 saturated heterocycles. The third-order valence-electron chi connectivity index (χ3n) is 7.42. The van der Waals surface area contributed by atoms with Crippen molar-refractivity contribution >= 4 is 60.1 Å². The van der Waals surface area contributed by atoms with Crippen molar-refractivity contribution in [2.45, 2.75) is 18.4 Å². The van der Waals surface area contributed by atoms with Crippen LogP contribution in [0.15, 0.2) is 76.2 Å². The number of likely N-dealkylation sites (N-methyl/N-ethyl adjacent to an activating group) is 1. The number of aromatic nitrogens is 1. The van der Waals surface area contributed by atoms with Gasteiger partial charge in [0.2, 0.25) is 10.0 Å². The molecule has 40 heavy (non-hydrogen) atoms. The molecule has 2 aliphatic heterocycles. The van der Waals surface area contributed by atoms with Crippen LogP contribution in [0.5, 0.6) is 0 Å². The Morgan fingerprint density at radius 3 is 2.58 bits per heavy atom. The second-order valence-electron chi connectivity index (χ2n) is 9.77. The van der Waals surface area contributed by atoms with Gasteiger partial charge in [0, 0.05) is 63.5 Å². The number of carbonyl (C=O) groups is 1. The maximum Gasteiger partial charge on any atom is 0.258 e. The van der Waals surface area contributed by atoms with Gasteiger partial charge in [-0.05, 0) is 55.5 Å². The van der Waals surface area contributed by atoms with Gasteiger partial charge in [0.15, 0.2) is 0 Å². The van der Waals surface area contributed by atoms with Crippen molar-refractivity contribution in [2.24, 2.45) is 0 Å². The minimum Gasteiger partial charge on any atom is -0.379 e. The van der Waals surface area contributed by atoms with Crippen LogP contribution in [0.3, 0.4) is 0 Å². The molecule has 1 aromatic heterocycles. The molecule has 0 unspecified atom stereocenters. The lowest BCUT2D eigenvalue weighted by atomic mass is 10.0. The SMILES string of the molecule is CCN1C(=O)/C(=C\c2cn(Cc3ccccc3F)c3ccc(Br)cc23)c2cc(S(=O)(=O)N3CCOCC3)ccc21. The van der Waals surface area contributed by atoms with Crippen LogP contribution in [-0.2, 0) is 26.1 Å². The summed E-state index contributed by atoms with van der Waals surface area (Å²) in [5.41, 5.74) is 3.89. The summed E-state index contributed by atoms with van der Waals surface area (Å²) in [4.78, 5) is 15.4. The van der Waals surface area contributed by atoms with Crippen LogP contribution >= 0.6 is 15.9 Å². The molecule has 7 nitrogen and oxygen atoms in total. The first-order chi connectivity index (χ1) is 19.3. The Labute approximate surface area is 240 Å². The molecular formula is C30H27BrFN3O4S. The normalized spacial score (nSPS) is 17.2. The number of nitrogens with zero attached hydrogens (tertiary/aromatic N) is 3. The average Bonchev–Trinajstić information content (AvgIpc) is 3.43. The summed E-state index contributed by atoms with van der Waals surface area (Å²) in [7, 11) is -3.75. The van der Waals surface area contributed by atoms with E-state index in [1.165, 1.54) is 10.4 Å². The Hall–Kier alpha value is -3.31. The van der Waals surface area contributed by atoms with Gasteiger partial charge in [-0.3, -0.25) is 4.79 Å². The fourth-order valence-electron chi connectivity index (χ4n) is 5.39. The van der Waals surface area contributed by atoms with Gasteiger partial charge >= 0.3 is 0 Å². The Kier molecular flexibility index (Phi) is 7.12. The summed E-state index contributed by atoms with van der Waals surface area (Å²) in [6.45, 7) is 3.94. The number of ether oxygens (including phenoxy) is 1. The predicted octanol–water partition coefficient (Wildman–Crippen LogP) is 5.52. The molecule has 0 spiro atoms. The molecular weight excluding hydrogens is 597 g/mol. The number of morpholine rings is 1. The molecule has 4 aromatic rings. The van der Waals surface area contributed by atoms with Gasteiger partial charge in [-0.25, -0.2) is 12.8 Å². The third kappa shape index (κ3) is 4.68. The molecule has 206 valence electrons. The highest BCUT2D eigenvalue weighted by Gasteiger charge is 2.34. The van der Waals surface area contributed by atoms with Gasteiger partial charge in [-0.2, -0.15) is 4.31 Å². The van der Waals surface area contributed by atoms with E-state index in [1.54, 1.807) is 41.3 Å². The van der Waals surface area contributed by atoms with E-state index < -0.39 is 10.0 Å². The predicted molar refractivity (Wildman–Crippen MR) is 157 cm³/mol. The lowest BCUT2D eigenvalue weighted by molar-refractivity contribution is -0.112. The van der Waals surface area contributed by atoms with Gasteiger partial charge in [-0.15, -0.1) is 0 Å². The summed E-state index contributed by atoms with van der Waals surface area (Å²) < 4.78 is 50.9. The highest BCUT2D eigenvalue weighted by molar-refractivity contribution is 9.10. The maximum absolute atomic E-state index is 14.5. The molecule has 1 fully saturated rings. The van der Waals surface area contributed by atoms with Crippen molar-refractivity contribution in [3.63, 3.8) is 0 Å². The molecule has 0 atom stereocenters. The molecule has 2 aliphatic rings. The second kappa shape index (κ2) is 10.6. The summed E-state index contributed by atoms with van der Waals surface area (Å²) in [5, 5.41) is 0.889. The van der Waals surface area contributed by atoms with Crippen LogP contribution in [0.1, 0.15) is 23.6 Å². The van der Waals surface area contributed by atoms with Crippen LogP contribution in [0.25, 0.3) is 22.6 Å².